The van der Waals surface area contributed by atoms with E-state index in [4.69, 9.17) is 9.15 Å². The van der Waals surface area contributed by atoms with E-state index in [-0.39, 0.29) is 0 Å². The SMILES string of the molecule is CCC1CC(Nc2ccc3oc(C4CC4)nc3c2)CCO1. The fourth-order valence-electron chi connectivity index (χ4n) is 3.07. The molecule has 1 saturated heterocycles. The summed E-state index contributed by atoms with van der Waals surface area (Å²) in [6.45, 7) is 3.04. The number of oxazole rings is 1. The van der Waals surface area contributed by atoms with Crippen LogP contribution in [0.4, 0.5) is 5.69 Å². The van der Waals surface area contributed by atoms with Crippen LogP contribution < -0.4 is 5.32 Å². The number of nitrogens with one attached hydrogen (secondary N) is 1. The fourth-order valence-corrected chi connectivity index (χ4v) is 3.07. The molecule has 1 aliphatic heterocycles. The van der Waals surface area contributed by atoms with Crippen LogP contribution >= 0.6 is 0 Å². The van der Waals surface area contributed by atoms with Crippen molar-refractivity contribution < 1.29 is 9.15 Å². The van der Waals surface area contributed by atoms with Crippen LogP contribution in [0.25, 0.3) is 11.1 Å². The van der Waals surface area contributed by atoms with Gasteiger partial charge in [-0.1, -0.05) is 6.92 Å². The number of rotatable bonds is 4. The van der Waals surface area contributed by atoms with Crippen molar-refractivity contribution in [1.29, 1.82) is 0 Å². The van der Waals surface area contributed by atoms with E-state index in [1.165, 1.54) is 12.8 Å². The summed E-state index contributed by atoms with van der Waals surface area (Å²) in [5.74, 6) is 1.48. The minimum absolute atomic E-state index is 0.397. The summed E-state index contributed by atoms with van der Waals surface area (Å²) < 4.78 is 11.5. The smallest absolute Gasteiger partial charge is 0.198 e. The quantitative estimate of drug-likeness (QED) is 0.920. The average molecular weight is 286 g/mol. The molecule has 1 saturated carbocycles. The van der Waals surface area contributed by atoms with E-state index < -0.39 is 0 Å². The van der Waals surface area contributed by atoms with Crippen LogP contribution in [0.3, 0.4) is 0 Å². The van der Waals surface area contributed by atoms with Gasteiger partial charge in [0.05, 0.1) is 6.10 Å². The molecule has 2 aliphatic rings. The van der Waals surface area contributed by atoms with Gasteiger partial charge in [0.25, 0.3) is 0 Å². The van der Waals surface area contributed by atoms with Crippen molar-refractivity contribution in [1.82, 2.24) is 4.98 Å². The van der Waals surface area contributed by atoms with Crippen molar-refractivity contribution in [2.45, 2.75) is 57.1 Å². The van der Waals surface area contributed by atoms with Crippen LogP contribution in [0.1, 0.15) is 50.8 Å². The van der Waals surface area contributed by atoms with Crippen molar-refractivity contribution in [2.24, 2.45) is 0 Å². The molecule has 1 aromatic carbocycles. The van der Waals surface area contributed by atoms with Gasteiger partial charge in [-0.3, -0.25) is 0 Å². The summed E-state index contributed by atoms with van der Waals surface area (Å²) >= 11 is 0. The highest BCUT2D eigenvalue weighted by Gasteiger charge is 2.29. The van der Waals surface area contributed by atoms with E-state index in [1.807, 2.05) is 6.07 Å². The second-order valence-electron chi connectivity index (χ2n) is 6.28. The number of fused-ring (bicyclic) bond motifs is 1. The van der Waals surface area contributed by atoms with Crippen molar-refractivity contribution in [3.05, 3.63) is 24.1 Å². The molecule has 4 heteroatoms. The minimum atomic E-state index is 0.397. The lowest BCUT2D eigenvalue weighted by atomic mass is 10.0. The van der Waals surface area contributed by atoms with Gasteiger partial charge in [0.1, 0.15) is 5.52 Å². The van der Waals surface area contributed by atoms with Gasteiger partial charge in [-0.15, -0.1) is 0 Å². The first-order valence-corrected chi connectivity index (χ1v) is 8.10. The lowest BCUT2D eigenvalue weighted by molar-refractivity contribution is 0.00926. The Bertz CT molecular complexity index is 633. The zero-order chi connectivity index (χ0) is 14.2. The second-order valence-corrected chi connectivity index (χ2v) is 6.28. The predicted octanol–water partition coefficient (Wildman–Crippen LogP) is 4.07. The summed E-state index contributed by atoms with van der Waals surface area (Å²) in [6.07, 6.45) is 6.08. The third-order valence-corrected chi connectivity index (χ3v) is 4.52. The molecule has 1 aromatic heterocycles. The highest BCUT2D eigenvalue weighted by Crippen LogP contribution is 2.40. The molecule has 0 radical (unpaired) electrons. The van der Waals surface area contributed by atoms with Gasteiger partial charge >= 0.3 is 0 Å². The van der Waals surface area contributed by atoms with Crippen molar-refractivity contribution in [3.63, 3.8) is 0 Å². The van der Waals surface area contributed by atoms with Gasteiger partial charge < -0.3 is 14.5 Å². The fraction of sp³-hybridized carbons (Fsp3) is 0.588. The molecule has 2 heterocycles. The highest BCUT2D eigenvalue weighted by molar-refractivity contribution is 5.77. The Labute approximate surface area is 124 Å². The number of anilines is 1. The molecule has 21 heavy (non-hydrogen) atoms. The minimum Gasteiger partial charge on any atom is -0.440 e. The summed E-state index contributed by atoms with van der Waals surface area (Å²) in [5, 5.41) is 3.63. The molecular formula is C17H22N2O2. The lowest BCUT2D eigenvalue weighted by Gasteiger charge is -2.30. The Balaban J connectivity index is 1.50. The topological polar surface area (TPSA) is 47.3 Å². The molecule has 4 rings (SSSR count). The first-order valence-electron chi connectivity index (χ1n) is 8.10. The van der Waals surface area contributed by atoms with Crippen molar-refractivity contribution in [2.75, 3.05) is 11.9 Å². The van der Waals surface area contributed by atoms with Crippen LogP contribution in [0.5, 0.6) is 0 Å². The molecule has 112 valence electrons. The standard InChI is InChI=1S/C17H22N2O2/c1-2-14-9-13(7-8-20-14)18-12-5-6-16-15(10-12)19-17(21-16)11-3-4-11/h5-6,10-11,13-14,18H,2-4,7-9H2,1H3. The first kappa shape index (κ1) is 13.1. The molecule has 0 amide bonds. The largest absolute Gasteiger partial charge is 0.440 e. The maximum Gasteiger partial charge on any atom is 0.198 e. The molecule has 2 aromatic rings. The average Bonchev–Trinajstić information content (AvgIpc) is 3.27. The Hall–Kier alpha value is -1.55. The Morgan fingerprint density at radius 2 is 2.19 bits per heavy atom. The molecule has 4 nitrogen and oxygen atoms in total. The number of ether oxygens (including phenoxy) is 1. The highest BCUT2D eigenvalue weighted by atomic mass is 16.5. The molecule has 1 N–H and O–H groups in total. The summed E-state index contributed by atoms with van der Waals surface area (Å²) in [6, 6.07) is 6.74. The molecule has 2 atom stereocenters. The van der Waals surface area contributed by atoms with Gasteiger partial charge in [-0.25, -0.2) is 4.98 Å². The van der Waals surface area contributed by atoms with Gasteiger partial charge in [-0.05, 0) is 50.3 Å². The molecule has 0 spiro atoms. The van der Waals surface area contributed by atoms with Crippen LogP contribution in [0, 0.1) is 0 Å². The molecule has 0 bridgehead atoms. The lowest BCUT2D eigenvalue weighted by Crippen LogP contribution is -2.33. The van der Waals surface area contributed by atoms with Crippen LogP contribution in [-0.4, -0.2) is 23.7 Å². The zero-order valence-electron chi connectivity index (χ0n) is 12.5. The van der Waals surface area contributed by atoms with Gasteiger partial charge in [0.2, 0.25) is 0 Å². The Morgan fingerprint density at radius 1 is 1.29 bits per heavy atom. The third-order valence-electron chi connectivity index (χ3n) is 4.52. The van der Waals surface area contributed by atoms with Crippen LogP contribution in [-0.2, 0) is 4.74 Å². The number of hydrogen-bond donors (Lipinski definition) is 1. The maximum absolute atomic E-state index is 5.81. The van der Waals surface area contributed by atoms with Gasteiger partial charge in [0, 0.05) is 24.3 Å². The van der Waals surface area contributed by atoms with Crippen LogP contribution in [0.15, 0.2) is 22.6 Å². The summed E-state index contributed by atoms with van der Waals surface area (Å²) in [4.78, 5) is 4.63. The normalized spacial score (nSPS) is 26.1. The number of benzene rings is 1. The van der Waals surface area contributed by atoms with E-state index in [9.17, 15) is 0 Å². The molecule has 1 aliphatic carbocycles. The molecule has 2 unspecified atom stereocenters. The van der Waals surface area contributed by atoms with Gasteiger partial charge in [-0.2, -0.15) is 0 Å². The number of hydrogen-bond acceptors (Lipinski definition) is 4. The Morgan fingerprint density at radius 3 is 3.00 bits per heavy atom. The first-order chi connectivity index (χ1) is 10.3. The van der Waals surface area contributed by atoms with E-state index in [0.717, 1.165) is 48.5 Å². The Kier molecular flexibility index (Phi) is 3.34. The molecule has 2 fully saturated rings. The van der Waals surface area contributed by atoms with E-state index >= 15 is 0 Å². The molecular weight excluding hydrogens is 264 g/mol. The summed E-state index contributed by atoms with van der Waals surface area (Å²) in [5.41, 5.74) is 3.02. The van der Waals surface area contributed by atoms with E-state index in [0.29, 0.717) is 18.1 Å². The monoisotopic (exact) mass is 286 g/mol. The third kappa shape index (κ3) is 2.77. The second kappa shape index (κ2) is 5.34. The van der Waals surface area contributed by atoms with Crippen molar-refractivity contribution in [3.8, 4) is 0 Å². The number of nitrogens with zero attached hydrogens (tertiary/aromatic N) is 1. The zero-order valence-corrected chi connectivity index (χ0v) is 12.5. The maximum atomic E-state index is 5.81. The van der Waals surface area contributed by atoms with Crippen molar-refractivity contribution >= 4 is 16.8 Å². The van der Waals surface area contributed by atoms with E-state index in [2.05, 4.69) is 29.4 Å². The summed E-state index contributed by atoms with van der Waals surface area (Å²) in [7, 11) is 0. The predicted molar refractivity (Wildman–Crippen MR) is 82.7 cm³/mol. The van der Waals surface area contributed by atoms with Crippen LogP contribution in [0.2, 0.25) is 0 Å². The number of aromatic nitrogens is 1. The van der Waals surface area contributed by atoms with Gasteiger partial charge in [0.15, 0.2) is 11.5 Å². The van der Waals surface area contributed by atoms with E-state index in [1.54, 1.807) is 0 Å².